The lowest BCUT2D eigenvalue weighted by Crippen LogP contribution is -2.13. The van der Waals surface area contributed by atoms with Gasteiger partial charge < -0.3 is 19.7 Å². The van der Waals surface area contributed by atoms with Crippen LogP contribution in [-0.2, 0) is 0 Å². The number of nitrogen functional groups attached to an aromatic ring is 1. The van der Waals surface area contributed by atoms with Crippen molar-refractivity contribution in [1.82, 2.24) is 24.3 Å². The molecule has 0 radical (unpaired) electrons. The lowest BCUT2D eigenvalue weighted by atomic mass is 10.1. The molecular weight excluding hydrogens is 372 g/mol. The van der Waals surface area contributed by atoms with Gasteiger partial charge in [0.2, 0.25) is 5.89 Å². The van der Waals surface area contributed by atoms with Crippen LogP contribution < -0.4 is 5.73 Å². The standard InChI is InChI=1S/C20H20N6O3/c1-11-9-23-15-6-4-13(10-26(11)15)16-18(20-22-7-8-29-20)25-19(21)17(24-16)14(28)5-3-12(2)27/h4,6-10,12,27H,3,5H2,1-2H3,(H2,21,25)/t12-/m1/s1. The number of fused-ring (bicyclic) bond motifs is 1. The third-order valence-corrected chi connectivity index (χ3v) is 4.58. The molecule has 29 heavy (non-hydrogen) atoms. The summed E-state index contributed by atoms with van der Waals surface area (Å²) in [7, 11) is 0. The summed E-state index contributed by atoms with van der Waals surface area (Å²) in [5.74, 6) is -0.0296. The number of oxazole rings is 1. The Bertz CT molecular complexity index is 1180. The largest absolute Gasteiger partial charge is 0.443 e. The van der Waals surface area contributed by atoms with E-state index in [9.17, 15) is 9.90 Å². The third-order valence-electron chi connectivity index (χ3n) is 4.58. The molecule has 0 unspecified atom stereocenters. The van der Waals surface area contributed by atoms with E-state index in [1.54, 1.807) is 13.1 Å². The van der Waals surface area contributed by atoms with Crippen molar-refractivity contribution < 1.29 is 14.3 Å². The predicted octanol–water partition coefficient (Wildman–Crippen LogP) is 2.68. The molecule has 9 nitrogen and oxygen atoms in total. The van der Waals surface area contributed by atoms with Gasteiger partial charge in [-0.05, 0) is 32.4 Å². The SMILES string of the molecule is Cc1cnc2ccc(-c3nc(C(=O)CC[C@@H](C)O)c(N)nc3-c3ncco3)cn12. The van der Waals surface area contributed by atoms with Crippen molar-refractivity contribution >= 4 is 17.2 Å². The number of ketones is 1. The fourth-order valence-corrected chi connectivity index (χ4v) is 3.05. The number of hydrogen-bond donors (Lipinski definition) is 2. The van der Waals surface area contributed by atoms with Crippen LogP contribution in [0.15, 0.2) is 41.4 Å². The zero-order valence-corrected chi connectivity index (χ0v) is 16.0. The number of aliphatic hydroxyl groups excluding tert-OH is 1. The van der Waals surface area contributed by atoms with Crippen molar-refractivity contribution in [2.24, 2.45) is 0 Å². The van der Waals surface area contributed by atoms with Gasteiger partial charge in [-0.1, -0.05) is 0 Å². The van der Waals surface area contributed by atoms with Gasteiger partial charge >= 0.3 is 0 Å². The Morgan fingerprint density at radius 2 is 2.10 bits per heavy atom. The van der Waals surface area contributed by atoms with Gasteiger partial charge in [0.25, 0.3) is 0 Å². The number of carbonyl (C=O) groups is 1. The number of imidazole rings is 1. The zero-order chi connectivity index (χ0) is 20.5. The smallest absolute Gasteiger partial charge is 0.247 e. The van der Waals surface area contributed by atoms with Gasteiger partial charge in [-0.2, -0.15) is 0 Å². The second kappa shape index (κ2) is 7.44. The van der Waals surface area contributed by atoms with Crippen LogP contribution >= 0.6 is 0 Å². The topological polar surface area (TPSA) is 132 Å². The number of nitrogens with zero attached hydrogens (tertiary/aromatic N) is 5. The second-order valence-corrected chi connectivity index (χ2v) is 6.85. The summed E-state index contributed by atoms with van der Waals surface area (Å²) in [5.41, 5.74) is 9.34. The van der Waals surface area contributed by atoms with Crippen LogP contribution in [0.1, 0.15) is 35.9 Å². The highest BCUT2D eigenvalue weighted by molar-refractivity contribution is 5.99. The Morgan fingerprint density at radius 3 is 2.83 bits per heavy atom. The average molecular weight is 392 g/mol. The van der Waals surface area contributed by atoms with Crippen LogP contribution in [0, 0.1) is 6.92 Å². The minimum atomic E-state index is -0.592. The predicted molar refractivity (Wildman–Crippen MR) is 106 cm³/mol. The Kier molecular flexibility index (Phi) is 4.81. The summed E-state index contributed by atoms with van der Waals surface area (Å²) in [6, 6.07) is 3.70. The molecule has 0 fully saturated rings. The monoisotopic (exact) mass is 392 g/mol. The van der Waals surface area contributed by atoms with Gasteiger partial charge in [0.15, 0.2) is 17.3 Å². The molecule has 0 saturated carbocycles. The van der Waals surface area contributed by atoms with Gasteiger partial charge in [-0.15, -0.1) is 0 Å². The van der Waals surface area contributed by atoms with Crippen molar-refractivity contribution in [2.45, 2.75) is 32.8 Å². The first-order valence-corrected chi connectivity index (χ1v) is 9.16. The lowest BCUT2D eigenvalue weighted by molar-refractivity contribution is 0.0945. The van der Waals surface area contributed by atoms with Crippen LogP contribution in [0.2, 0.25) is 0 Å². The molecule has 4 aromatic rings. The van der Waals surface area contributed by atoms with Gasteiger partial charge in [0, 0.05) is 30.1 Å². The molecule has 0 aliphatic rings. The van der Waals surface area contributed by atoms with Crippen LogP contribution in [-0.4, -0.2) is 41.3 Å². The number of rotatable bonds is 6. The third kappa shape index (κ3) is 3.59. The van der Waals surface area contributed by atoms with Crippen LogP contribution in [0.3, 0.4) is 0 Å². The first-order chi connectivity index (χ1) is 13.9. The van der Waals surface area contributed by atoms with E-state index in [0.717, 1.165) is 11.3 Å². The van der Waals surface area contributed by atoms with E-state index in [-0.39, 0.29) is 29.6 Å². The highest BCUT2D eigenvalue weighted by atomic mass is 16.3. The molecule has 4 rings (SSSR count). The molecule has 4 aromatic heterocycles. The van der Waals surface area contributed by atoms with E-state index < -0.39 is 6.10 Å². The molecule has 0 spiro atoms. The fraction of sp³-hybridized carbons (Fsp3) is 0.250. The number of hydrogen-bond acceptors (Lipinski definition) is 8. The second-order valence-electron chi connectivity index (χ2n) is 6.85. The molecule has 0 aromatic carbocycles. The van der Waals surface area contributed by atoms with E-state index >= 15 is 0 Å². The first-order valence-electron chi connectivity index (χ1n) is 9.16. The molecule has 0 aliphatic heterocycles. The van der Waals surface area contributed by atoms with Crippen molar-refractivity contribution in [3.63, 3.8) is 0 Å². The number of aliphatic hydroxyl groups is 1. The molecule has 1 atom stereocenters. The fourth-order valence-electron chi connectivity index (χ4n) is 3.05. The van der Waals surface area contributed by atoms with Crippen molar-refractivity contribution in [3.05, 3.63) is 48.4 Å². The molecule has 148 valence electrons. The molecule has 9 heteroatoms. The Balaban J connectivity index is 1.87. The number of carbonyl (C=O) groups excluding carboxylic acids is 1. The lowest BCUT2D eigenvalue weighted by Gasteiger charge is -2.11. The van der Waals surface area contributed by atoms with Crippen LogP contribution in [0.25, 0.3) is 28.5 Å². The maximum absolute atomic E-state index is 12.6. The normalized spacial score (nSPS) is 12.4. The average Bonchev–Trinajstić information content (AvgIpc) is 3.36. The molecule has 4 heterocycles. The maximum atomic E-state index is 12.6. The quantitative estimate of drug-likeness (QED) is 0.479. The van der Waals surface area contributed by atoms with E-state index in [1.807, 2.05) is 29.7 Å². The number of anilines is 1. The summed E-state index contributed by atoms with van der Waals surface area (Å²) in [4.78, 5) is 30.0. The van der Waals surface area contributed by atoms with Crippen molar-refractivity contribution in [1.29, 1.82) is 0 Å². The van der Waals surface area contributed by atoms with E-state index in [2.05, 4.69) is 19.9 Å². The number of aryl methyl sites for hydroxylation is 1. The maximum Gasteiger partial charge on any atom is 0.247 e. The van der Waals surface area contributed by atoms with Gasteiger partial charge in [0.1, 0.15) is 23.3 Å². The van der Waals surface area contributed by atoms with Gasteiger partial charge in [-0.25, -0.2) is 19.9 Å². The van der Waals surface area contributed by atoms with Crippen molar-refractivity contribution in [3.8, 4) is 22.8 Å². The molecule has 0 aliphatic carbocycles. The summed E-state index contributed by atoms with van der Waals surface area (Å²) in [6.45, 7) is 3.57. The minimum Gasteiger partial charge on any atom is -0.443 e. The van der Waals surface area contributed by atoms with E-state index in [0.29, 0.717) is 23.4 Å². The Morgan fingerprint density at radius 1 is 1.28 bits per heavy atom. The number of aromatic nitrogens is 5. The summed E-state index contributed by atoms with van der Waals surface area (Å²) >= 11 is 0. The van der Waals surface area contributed by atoms with Crippen LogP contribution in [0.5, 0.6) is 0 Å². The van der Waals surface area contributed by atoms with Gasteiger partial charge in [0.05, 0.1) is 12.3 Å². The summed E-state index contributed by atoms with van der Waals surface area (Å²) in [5, 5.41) is 9.48. The molecule has 0 amide bonds. The summed E-state index contributed by atoms with van der Waals surface area (Å²) in [6.07, 6.45) is 6.42. The molecule has 0 saturated heterocycles. The Labute approximate surface area is 166 Å². The molecule has 3 N–H and O–H groups in total. The molecule has 0 bridgehead atoms. The van der Waals surface area contributed by atoms with E-state index in [4.69, 9.17) is 10.2 Å². The molecular formula is C20H20N6O3. The number of pyridine rings is 1. The number of Topliss-reactive ketones (excluding diaryl/α,β-unsaturated/α-hetero) is 1. The zero-order valence-electron chi connectivity index (χ0n) is 16.0. The minimum absolute atomic E-state index is 0.00238. The Hall–Kier alpha value is -3.59. The number of nitrogens with two attached hydrogens (primary N) is 1. The van der Waals surface area contributed by atoms with Crippen molar-refractivity contribution in [2.75, 3.05) is 5.73 Å². The highest BCUT2D eigenvalue weighted by Gasteiger charge is 2.22. The first kappa shape index (κ1) is 18.8. The highest BCUT2D eigenvalue weighted by Crippen LogP contribution is 2.30. The van der Waals surface area contributed by atoms with Gasteiger partial charge in [-0.3, -0.25) is 4.79 Å². The van der Waals surface area contributed by atoms with Crippen LogP contribution in [0.4, 0.5) is 5.82 Å². The summed E-state index contributed by atoms with van der Waals surface area (Å²) < 4.78 is 7.32. The van der Waals surface area contributed by atoms with E-state index in [1.165, 1.54) is 12.5 Å².